The molecule has 2 amide bonds. The Morgan fingerprint density at radius 3 is 2.62 bits per heavy atom. The van der Waals surface area contributed by atoms with E-state index in [9.17, 15) is 9.59 Å². The zero-order chi connectivity index (χ0) is 12.1. The number of hydrogen-bond acceptors (Lipinski definition) is 2. The second kappa shape index (κ2) is 4.97. The molecule has 0 saturated heterocycles. The highest BCUT2D eigenvalue weighted by molar-refractivity contribution is 5.88. The molecule has 0 fully saturated rings. The average molecular weight is 220 g/mol. The third kappa shape index (κ3) is 3.45. The van der Waals surface area contributed by atoms with Gasteiger partial charge in [-0.3, -0.25) is 0 Å². The fraction of sp³-hybridized carbons (Fsp3) is 0.0909. The van der Waals surface area contributed by atoms with Gasteiger partial charge in [-0.2, -0.15) is 0 Å². The molecule has 0 radical (unpaired) electrons. The first-order valence-corrected chi connectivity index (χ1v) is 4.57. The molecular formula is C11H12N2O3. The number of aliphatic carboxylic acids is 1. The molecule has 0 aliphatic carbocycles. The molecule has 0 heterocycles. The Balaban J connectivity index is 2.91. The lowest BCUT2D eigenvalue weighted by Crippen LogP contribution is -2.19. The highest BCUT2D eigenvalue weighted by Crippen LogP contribution is 2.16. The second-order valence-electron chi connectivity index (χ2n) is 3.23. The molecule has 1 aromatic carbocycles. The summed E-state index contributed by atoms with van der Waals surface area (Å²) in [5.41, 5.74) is 7.18. The maximum Gasteiger partial charge on any atom is 0.328 e. The Hall–Kier alpha value is -2.30. The summed E-state index contributed by atoms with van der Waals surface area (Å²) >= 11 is 0. The molecule has 0 spiro atoms. The standard InChI is InChI=1S/C11H12N2O3/c1-7-6-9(13-11(12)16)4-2-8(7)3-5-10(14)15/h2-6H,1H3,(H,14,15)(H3,12,13,16). The number of carboxylic acids is 1. The molecule has 0 aliphatic rings. The van der Waals surface area contributed by atoms with Crippen molar-refractivity contribution in [1.29, 1.82) is 0 Å². The maximum atomic E-state index is 10.6. The van der Waals surface area contributed by atoms with Crippen LogP contribution < -0.4 is 11.1 Å². The number of benzene rings is 1. The minimum atomic E-state index is -1.00. The van der Waals surface area contributed by atoms with Gasteiger partial charge in [0.2, 0.25) is 0 Å². The number of nitrogens with two attached hydrogens (primary N) is 1. The lowest BCUT2D eigenvalue weighted by Gasteiger charge is -2.05. The van der Waals surface area contributed by atoms with Gasteiger partial charge in [-0.15, -0.1) is 0 Å². The van der Waals surface area contributed by atoms with E-state index >= 15 is 0 Å². The van der Waals surface area contributed by atoms with Gasteiger partial charge in [0.25, 0.3) is 0 Å². The minimum absolute atomic E-state index is 0.581. The van der Waals surface area contributed by atoms with E-state index < -0.39 is 12.0 Å². The summed E-state index contributed by atoms with van der Waals surface area (Å²) in [6.07, 6.45) is 2.55. The number of anilines is 1. The number of hydrogen-bond donors (Lipinski definition) is 3. The number of primary amides is 1. The van der Waals surface area contributed by atoms with Gasteiger partial charge in [0.15, 0.2) is 0 Å². The number of nitrogens with one attached hydrogen (secondary N) is 1. The normalized spacial score (nSPS) is 10.3. The van der Waals surface area contributed by atoms with Crippen molar-refractivity contribution in [3.63, 3.8) is 0 Å². The Kier molecular flexibility index (Phi) is 3.66. The highest BCUT2D eigenvalue weighted by atomic mass is 16.4. The molecule has 5 nitrogen and oxygen atoms in total. The molecule has 1 aromatic rings. The Labute approximate surface area is 92.6 Å². The maximum absolute atomic E-state index is 10.6. The fourth-order valence-corrected chi connectivity index (χ4v) is 1.24. The Bertz CT molecular complexity index is 453. The van der Waals surface area contributed by atoms with E-state index in [1.54, 1.807) is 18.2 Å². The molecule has 4 N–H and O–H groups in total. The van der Waals surface area contributed by atoms with Crippen LogP contribution in [0, 0.1) is 6.92 Å². The first kappa shape index (κ1) is 11.8. The van der Waals surface area contributed by atoms with Crippen LogP contribution in [0.3, 0.4) is 0 Å². The van der Waals surface area contributed by atoms with Crippen molar-refractivity contribution in [2.75, 3.05) is 5.32 Å². The van der Waals surface area contributed by atoms with Crippen LogP contribution in [0.15, 0.2) is 24.3 Å². The average Bonchev–Trinajstić information content (AvgIpc) is 2.15. The van der Waals surface area contributed by atoms with E-state index in [0.29, 0.717) is 5.69 Å². The first-order chi connectivity index (χ1) is 7.49. The Morgan fingerprint density at radius 2 is 2.12 bits per heavy atom. The molecule has 84 valence electrons. The van der Waals surface area contributed by atoms with Crippen molar-refractivity contribution in [2.24, 2.45) is 5.73 Å². The number of carbonyl (C=O) groups is 2. The van der Waals surface area contributed by atoms with E-state index in [0.717, 1.165) is 17.2 Å². The summed E-state index contributed by atoms with van der Waals surface area (Å²) in [6.45, 7) is 1.81. The van der Waals surface area contributed by atoms with E-state index in [1.165, 1.54) is 6.08 Å². The zero-order valence-electron chi connectivity index (χ0n) is 8.73. The van der Waals surface area contributed by atoms with Gasteiger partial charge >= 0.3 is 12.0 Å². The largest absolute Gasteiger partial charge is 0.478 e. The van der Waals surface area contributed by atoms with Crippen LogP contribution in [0.5, 0.6) is 0 Å². The summed E-state index contributed by atoms with van der Waals surface area (Å²) in [6, 6.07) is 4.44. The number of carbonyl (C=O) groups excluding carboxylic acids is 1. The van der Waals surface area contributed by atoms with Gasteiger partial charge in [-0.1, -0.05) is 6.07 Å². The third-order valence-corrected chi connectivity index (χ3v) is 1.94. The lowest BCUT2D eigenvalue weighted by atomic mass is 10.1. The predicted octanol–water partition coefficient (Wildman–Crippen LogP) is 1.58. The number of amides is 2. The lowest BCUT2D eigenvalue weighted by molar-refractivity contribution is -0.131. The predicted molar refractivity (Wildman–Crippen MR) is 61.1 cm³/mol. The quantitative estimate of drug-likeness (QED) is 0.675. The van der Waals surface area contributed by atoms with Crippen LogP contribution in [0.2, 0.25) is 0 Å². The molecule has 0 aromatic heterocycles. The molecule has 0 bridgehead atoms. The second-order valence-corrected chi connectivity index (χ2v) is 3.23. The summed E-state index contributed by atoms with van der Waals surface area (Å²) in [7, 11) is 0. The summed E-state index contributed by atoms with van der Waals surface area (Å²) in [5, 5.41) is 10.9. The molecule has 0 unspecified atom stereocenters. The first-order valence-electron chi connectivity index (χ1n) is 4.57. The fourth-order valence-electron chi connectivity index (χ4n) is 1.24. The number of carboxylic acid groups (broad SMARTS) is 1. The van der Waals surface area contributed by atoms with Crippen molar-refractivity contribution in [2.45, 2.75) is 6.92 Å². The van der Waals surface area contributed by atoms with Crippen molar-refractivity contribution in [3.05, 3.63) is 35.4 Å². The highest BCUT2D eigenvalue weighted by Gasteiger charge is 1.99. The van der Waals surface area contributed by atoms with Gasteiger partial charge in [0.1, 0.15) is 0 Å². The van der Waals surface area contributed by atoms with Gasteiger partial charge < -0.3 is 16.2 Å². The van der Waals surface area contributed by atoms with Crippen molar-refractivity contribution in [1.82, 2.24) is 0 Å². The van der Waals surface area contributed by atoms with Crippen LogP contribution in [0.1, 0.15) is 11.1 Å². The molecule has 0 aliphatic heterocycles. The number of rotatable bonds is 3. The van der Waals surface area contributed by atoms with Gasteiger partial charge in [-0.05, 0) is 36.3 Å². The van der Waals surface area contributed by atoms with Crippen LogP contribution >= 0.6 is 0 Å². The summed E-state index contributed by atoms with van der Waals surface area (Å²) in [4.78, 5) is 20.9. The van der Waals surface area contributed by atoms with Gasteiger partial charge in [-0.25, -0.2) is 9.59 Å². The van der Waals surface area contributed by atoms with E-state index in [4.69, 9.17) is 10.8 Å². The summed E-state index contributed by atoms with van der Waals surface area (Å²) < 4.78 is 0. The van der Waals surface area contributed by atoms with E-state index in [-0.39, 0.29) is 0 Å². The third-order valence-electron chi connectivity index (χ3n) is 1.94. The topological polar surface area (TPSA) is 92.4 Å². The van der Waals surface area contributed by atoms with Crippen molar-refractivity contribution in [3.8, 4) is 0 Å². The zero-order valence-corrected chi connectivity index (χ0v) is 8.73. The van der Waals surface area contributed by atoms with E-state index in [1.807, 2.05) is 6.92 Å². The molecular weight excluding hydrogens is 208 g/mol. The summed E-state index contributed by atoms with van der Waals surface area (Å²) in [5.74, 6) is -1.00. The van der Waals surface area contributed by atoms with Crippen LogP contribution in [-0.2, 0) is 4.79 Å². The van der Waals surface area contributed by atoms with Gasteiger partial charge in [0, 0.05) is 11.8 Å². The van der Waals surface area contributed by atoms with Gasteiger partial charge in [0.05, 0.1) is 0 Å². The Morgan fingerprint density at radius 1 is 1.44 bits per heavy atom. The monoisotopic (exact) mass is 220 g/mol. The van der Waals surface area contributed by atoms with Crippen molar-refractivity contribution < 1.29 is 14.7 Å². The van der Waals surface area contributed by atoms with Crippen LogP contribution in [0.4, 0.5) is 10.5 Å². The molecule has 1 rings (SSSR count). The molecule has 0 saturated carbocycles. The molecule has 16 heavy (non-hydrogen) atoms. The molecule has 5 heteroatoms. The van der Waals surface area contributed by atoms with Crippen LogP contribution in [0.25, 0.3) is 6.08 Å². The number of urea groups is 1. The molecule has 0 atom stereocenters. The van der Waals surface area contributed by atoms with E-state index in [2.05, 4.69) is 5.32 Å². The number of aryl methyl sites for hydroxylation is 1. The minimum Gasteiger partial charge on any atom is -0.478 e. The van der Waals surface area contributed by atoms with Crippen LogP contribution in [-0.4, -0.2) is 17.1 Å². The van der Waals surface area contributed by atoms with Crippen molar-refractivity contribution >= 4 is 23.8 Å². The SMILES string of the molecule is Cc1cc(NC(N)=O)ccc1C=CC(=O)O. The smallest absolute Gasteiger partial charge is 0.328 e.